The Kier molecular flexibility index (Phi) is 3.18. The van der Waals surface area contributed by atoms with Crippen molar-refractivity contribution in [2.45, 2.75) is 17.2 Å². The summed E-state index contributed by atoms with van der Waals surface area (Å²) in [4.78, 5) is 11.7. The predicted molar refractivity (Wildman–Crippen MR) is 53.0 cm³/mol. The second kappa shape index (κ2) is 3.97. The van der Waals surface area contributed by atoms with Crippen LogP contribution in [0.5, 0.6) is 0 Å². The lowest BCUT2D eigenvalue weighted by molar-refractivity contribution is -0.116. The van der Waals surface area contributed by atoms with Gasteiger partial charge >= 0.3 is 0 Å². The monoisotopic (exact) mass is 200 g/mol. The number of rotatable bonds is 2. The molecule has 0 spiro atoms. The van der Waals surface area contributed by atoms with Gasteiger partial charge in [-0.2, -0.15) is 0 Å². The first-order valence-electron chi connectivity index (χ1n) is 3.55. The van der Waals surface area contributed by atoms with Crippen molar-refractivity contribution in [1.29, 1.82) is 0 Å². The summed E-state index contributed by atoms with van der Waals surface area (Å²) in [7, 11) is 0. The van der Waals surface area contributed by atoms with Crippen LogP contribution in [0.3, 0.4) is 0 Å². The van der Waals surface area contributed by atoms with Gasteiger partial charge in [-0.05, 0) is 18.6 Å². The molecule has 1 nitrogen and oxygen atoms in total. The highest BCUT2D eigenvalue weighted by atomic mass is 35.5. The van der Waals surface area contributed by atoms with E-state index in [0.29, 0.717) is 0 Å². The van der Waals surface area contributed by atoms with Gasteiger partial charge in [0.25, 0.3) is 0 Å². The molecule has 0 N–H and O–H groups in total. The van der Waals surface area contributed by atoms with E-state index in [2.05, 4.69) is 12.6 Å². The fraction of sp³-hybridized carbons (Fsp3) is 0.222. The van der Waals surface area contributed by atoms with Crippen molar-refractivity contribution < 1.29 is 4.79 Å². The normalized spacial score (nSPS) is 12.6. The van der Waals surface area contributed by atoms with Crippen LogP contribution in [-0.2, 0) is 4.79 Å². The first kappa shape index (κ1) is 9.62. The molecule has 0 amide bonds. The van der Waals surface area contributed by atoms with Crippen LogP contribution in [-0.4, -0.2) is 5.78 Å². The van der Waals surface area contributed by atoms with E-state index in [1.165, 1.54) is 6.92 Å². The minimum atomic E-state index is -0.571. The van der Waals surface area contributed by atoms with E-state index in [0.717, 1.165) is 10.5 Å². The topological polar surface area (TPSA) is 17.1 Å². The summed E-state index contributed by atoms with van der Waals surface area (Å²) in [5.74, 6) is -0.0573. The van der Waals surface area contributed by atoms with Crippen molar-refractivity contribution in [3.8, 4) is 0 Å². The molecule has 1 rings (SSSR count). The summed E-state index contributed by atoms with van der Waals surface area (Å²) in [6.07, 6.45) is 0. The summed E-state index contributed by atoms with van der Waals surface area (Å²) < 4.78 is 0. The van der Waals surface area contributed by atoms with Gasteiger partial charge in [0.2, 0.25) is 0 Å². The number of carbonyl (C=O) groups is 1. The van der Waals surface area contributed by atoms with Crippen molar-refractivity contribution in [1.82, 2.24) is 0 Å². The molecule has 0 aliphatic carbocycles. The Hall–Kier alpha value is -0.470. The molecule has 1 unspecified atom stereocenters. The van der Waals surface area contributed by atoms with Gasteiger partial charge in [-0.25, -0.2) is 0 Å². The van der Waals surface area contributed by atoms with Gasteiger partial charge < -0.3 is 0 Å². The summed E-state index contributed by atoms with van der Waals surface area (Å²) >= 11 is 10.0. The van der Waals surface area contributed by atoms with E-state index in [1.807, 2.05) is 18.2 Å². The smallest absolute Gasteiger partial charge is 0.152 e. The molecule has 0 saturated heterocycles. The quantitative estimate of drug-likeness (QED) is 0.574. The Morgan fingerprint density at radius 1 is 1.50 bits per heavy atom. The highest BCUT2D eigenvalue weighted by molar-refractivity contribution is 7.80. The summed E-state index contributed by atoms with van der Waals surface area (Å²) in [5, 5.41) is -0.571. The summed E-state index contributed by atoms with van der Waals surface area (Å²) in [6.45, 7) is 1.47. The van der Waals surface area contributed by atoms with Crippen molar-refractivity contribution in [3.05, 3.63) is 29.8 Å². The van der Waals surface area contributed by atoms with Gasteiger partial charge in [0.05, 0.1) is 0 Å². The van der Waals surface area contributed by atoms with E-state index in [9.17, 15) is 4.79 Å². The van der Waals surface area contributed by atoms with Gasteiger partial charge in [0.15, 0.2) is 5.78 Å². The molecule has 0 aliphatic heterocycles. The zero-order valence-corrected chi connectivity index (χ0v) is 8.27. The van der Waals surface area contributed by atoms with Gasteiger partial charge in [0, 0.05) is 4.90 Å². The second-order valence-electron chi connectivity index (χ2n) is 2.53. The number of ketones is 1. The Labute approximate surface area is 82.1 Å². The van der Waals surface area contributed by atoms with Gasteiger partial charge in [0.1, 0.15) is 5.38 Å². The van der Waals surface area contributed by atoms with E-state index in [1.54, 1.807) is 6.07 Å². The van der Waals surface area contributed by atoms with Gasteiger partial charge in [-0.3, -0.25) is 4.79 Å². The maximum Gasteiger partial charge on any atom is 0.152 e. The summed E-state index contributed by atoms with van der Waals surface area (Å²) in [5.41, 5.74) is 0.773. The molecule has 3 heteroatoms. The van der Waals surface area contributed by atoms with Crippen LogP contribution in [0.4, 0.5) is 0 Å². The Morgan fingerprint density at radius 2 is 2.08 bits per heavy atom. The van der Waals surface area contributed by atoms with Crippen LogP contribution in [0.25, 0.3) is 0 Å². The molecule has 0 aliphatic rings. The summed E-state index contributed by atoms with van der Waals surface area (Å²) in [6, 6.07) is 7.32. The number of thiol groups is 1. The van der Waals surface area contributed by atoms with E-state index in [4.69, 9.17) is 11.6 Å². The van der Waals surface area contributed by atoms with Crippen LogP contribution >= 0.6 is 24.2 Å². The number of Topliss-reactive ketones (excluding diaryl/α,β-unsaturated/α-hetero) is 1. The van der Waals surface area contributed by atoms with Crippen LogP contribution in [0, 0.1) is 0 Å². The van der Waals surface area contributed by atoms with Crippen molar-refractivity contribution in [2.75, 3.05) is 0 Å². The molecule has 64 valence electrons. The fourth-order valence-corrected chi connectivity index (χ4v) is 1.48. The lowest BCUT2D eigenvalue weighted by atomic mass is 10.1. The molecule has 1 atom stereocenters. The number of hydrogen-bond acceptors (Lipinski definition) is 2. The molecule has 0 saturated carbocycles. The number of carbonyl (C=O) groups excluding carboxylic acids is 1. The second-order valence-corrected chi connectivity index (χ2v) is 3.45. The van der Waals surface area contributed by atoms with E-state index in [-0.39, 0.29) is 5.78 Å². The van der Waals surface area contributed by atoms with Crippen LogP contribution in [0.1, 0.15) is 17.9 Å². The van der Waals surface area contributed by atoms with E-state index >= 15 is 0 Å². The third-order valence-corrected chi connectivity index (χ3v) is 2.52. The third kappa shape index (κ3) is 2.02. The minimum absolute atomic E-state index is 0.0573. The molecule has 0 radical (unpaired) electrons. The number of benzene rings is 1. The molecule has 0 heterocycles. The maximum atomic E-state index is 10.9. The standard InChI is InChI=1S/C9H9ClOS/c1-6(11)9(10)7-4-2-3-5-8(7)12/h2-5,9,12H,1H3. The third-order valence-electron chi connectivity index (χ3n) is 1.57. The van der Waals surface area contributed by atoms with Crippen LogP contribution < -0.4 is 0 Å². The lowest BCUT2D eigenvalue weighted by Gasteiger charge is -2.07. The number of alkyl halides is 1. The van der Waals surface area contributed by atoms with Crippen molar-refractivity contribution >= 4 is 30.0 Å². The highest BCUT2D eigenvalue weighted by Gasteiger charge is 2.14. The lowest BCUT2D eigenvalue weighted by Crippen LogP contribution is -2.01. The molecule has 12 heavy (non-hydrogen) atoms. The Balaban J connectivity index is 3.02. The molecule has 0 fully saturated rings. The average molecular weight is 201 g/mol. The molecule has 1 aromatic rings. The van der Waals surface area contributed by atoms with Crippen LogP contribution in [0.15, 0.2) is 29.2 Å². The van der Waals surface area contributed by atoms with E-state index < -0.39 is 5.38 Å². The van der Waals surface area contributed by atoms with Crippen molar-refractivity contribution in [3.63, 3.8) is 0 Å². The first-order valence-corrected chi connectivity index (χ1v) is 4.43. The maximum absolute atomic E-state index is 10.9. The zero-order chi connectivity index (χ0) is 9.14. The minimum Gasteiger partial charge on any atom is -0.298 e. The zero-order valence-electron chi connectivity index (χ0n) is 6.62. The van der Waals surface area contributed by atoms with Crippen LogP contribution in [0.2, 0.25) is 0 Å². The predicted octanol–water partition coefficient (Wildman–Crippen LogP) is 2.84. The molecule has 0 bridgehead atoms. The fourth-order valence-electron chi connectivity index (χ4n) is 0.921. The molecule has 0 aromatic heterocycles. The highest BCUT2D eigenvalue weighted by Crippen LogP contribution is 2.26. The number of halogens is 1. The molecular weight excluding hydrogens is 192 g/mol. The number of hydrogen-bond donors (Lipinski definition) is 1. The Morgan fingerprint density at radius 3 is 2.58 bits per heavy atom. The van der Waals surface area contributed by atoms with Gasteiger partial charge in [-0.15, -0.1) is 24.2 Å². The van der Waals surface area contributed by atoms with Crippen molar-refractivity contribution in [2.24, 2.45) is 0 Å². The van der Waals surface area contributed by atoms with Gasteiger partial charge in [-0.1, -0.05) is 18.2 Å². The largest absolute Gasteiger partial charge is 0.298 e. The average Bonchev–Trinajstić information content (AvgIpc) is 2.04. The molecular formula is C9H9ClOS. The SMILES string of the molecule is CC(=O)C(Cl)c1ccccc1S. The first-order chi connectivity index (χ1) is 5.63. The molecule has 1 aromatic carbocycles. The Bertz CT molecular complexity index is 298.